The van der Waals surface area contributed by atoms with E-state index < -0.39 is 0 Å². The van der Waals surface area contributed by atoms with Crippen LogP contribution in [0, 0.1) is 6.92 Å². The van der Waals surface area contributed by atoms with E-state index in [0.29, 0.717) is 30.0 Å². The molecule has 3 aromatic carbocycles. The highest BCUT2D eigenvalue weighted by Crippen LogP contribution is 2.23. The fourth-order valence-corrected chi connectivity index (χ4v) is 3.75. The van der Waals surface area contributed by atoms with Gasteiger partial charge in [-0.05, 0) is 43.3 Å². The van der Waals surface area contributed by atoms with Crippen LogP contribution in [0.1, 0.15) is 21.7 Å². The predicted octanol–water partition coefficient (Wildman–Crippen LogP) is 3.96. The van der Waals surface area contributed by atoms with Crippen LogP contribution in [0.5, 0.6) is 5.75 Å². The first-order valence-electron chi connectivity index (χ1n) is 10.8. The quantitative estimate of drug-likeness (QED) is 0.433. The Morgan fingerprint density at radius 3 is 2.61 bits per heavy atom. The molecule has 0 bridgehead atoms. The molecule has 7 heteroatoms. The second-order valence-corrected chi connectivity index (χ2v) is 7.73. The summed E-state index contributed by atoms with van der Waals surface area (Å²) in [5.41, 5.74) is 3.95. The zero-order valence-corrected chi connectivity index (χ0v) is 18.7. The minimum absolute atomic E-state index is 0.0969. The molecule has 0 saturated heterocycles. The lowest BCUT2D eigenvalue weighted by atomic mass is 10.1. The van der Waals surface area contributed by atoms with Crippen LogP contribution >= 0.6 is 0 Å². The second-order valence-electron chi connectivity index (χ2n) is 7.73. The lowest BCUT2D eigenvalue weighted by Crippen LogP contribution is -2.27. The van der Waals surface area contributed by atoms with Gasteiger partial charge < -0.3 is 19.9 Å². The summed E-state index contributed by atoms with van der Waals surface area (Å²) >= 11 is 0. The molecule has 0 spiro atoms. The van der Waals surface area contributed by atoms with Gasteiger partial charge in [0.05, 0.1) is 23.8 Å². The molecule has 1 heterocycles. The van der Waals surface area contributed by atoms with Gasteiger partial charge in [0, 0.05) is 18.5 Å². The largest absolute Gasteiger partial charge is 0.495 e. The molecular formula is C26H26N4O3. The number of aromatic nitrogens is 2. The third kappa shape index (κ3) is 5.20. The minimum atomic E-state index is -0.187. The van der Waals surface area contributed by atoms with Gasteiger partial charge >= 0.3 is 0 Å². The number of benzene rings is 3. The first-order chi connectivity index (χ1) is 16.0. The van der Waals surface area contributed by atoms with Crippen LogP contribution in [-0.4, -0.2) is 35.0 Å². The maximum Gasteiger partial charge on any atom is 0.251 e. The topological polar surface area (TPSA) is 85.2 Å². The number of aryl methyl sites for hydroxylation is 1. The van der Waals surface area contributed by atoms with E-state index in [-0.39, 0.29) is 18.4 Å². The molecule has 2 amide bonds. The Hall–Kier alpha value is -4.13. The van der Waals surface area contributed by atoms with E-state index in [1.807, 2.05) is 66.1 Å². The van der Waals surface area contributed by atoms with Crippen molar-refractivity contribution in [3.8, 4) is 5.75 Å². The molecule has 0 aliphatic rings. The Balaban J connectivity index is 1.48. The summed E-state index contributed by atoms with van der Waals surface area (Å²) in [5, 5.41) is 5.86. The number of ether oxygens (including phenoxy) is 1. The fourth-order valence-electron chi connectivity index (χ4n) is 3.75. The van der Waals surface area contributed by atoms with Gasteiger partial charge in [-0.25, -0.2) is 4.98 Å². The van der Waals surface area contributed by atoms with Crippen LogP contribution in [0.2, 0.25) is 0 Å². The number of amides is 2. The number of anilines is 1. The van der Waals surface area contributed by atoms with Crippen LogP contribution in [0.25, 0.3) is 11.0 Å². The maximum atomic E-state index is 12.9. The van der Waals surface area contributed by atoms with Crippen molar-refractivity contribution in [1.82, 2.24) is 14.9 Å². The van der Waals surface area contributed by atoms with Crippen molar-refractivity contribution in [3.05, 3.63) is 89.7 Å². The molecular weight excluding hydrogens is 416 g/mol. The number of methoxy groups -OCH3 is 1. The smallest absolute Gasteiger partial charge is 0.251 e. The fraction of sp³-hybridized carbons (Fsp3) is 0.192. The summed E-state index contributed by atoms with van der Waals surface area (Å²) in [4.78, 5) is 30.0. The van der Waals surface area contributed by atoms with E-state index in [9.17, 15) is 9.59 Å². The number of nitrogens with one attached hydrogen (secondary N) is 2. The molecule has 0 aliphatic carbocycles. The van der Waals surface area contributed by atoms with Gasteiger partial charge in [0.15, 0.2) is 0 Å². The first-order valence-corrected chi connectivity index (χ1v) is 10.8. The molecule has 4 aromatic rings. The standard InChI is InChI=1S/C26H26N4O3/c1-18-8-7-9-19(16-18)26(32)27-15-14-24-28-20-10-3-5-12-22(20)30(24)17-25(31)29-21-11-4-6-13-23(21)33-2/h3-13,16H,14-15,17H2,1-2H3,(H,27,32)(H,29,31). The number of para-hydroxylation sites is 4. The highest BCUT2D eigenvalue weighted by Gasteiger charge is 2.15. The molecule has 0 fully saturated rings. The van der Waals surface area contributed by atoms with Gasteiger partial charge in [-0.1, -0.05) is 42.0 Å². The second kappa shape index (κ2) is 9.99. The van der Waals surface area contributed by atoms with Crippen LogP contribution in [0.3, 0.4) is 0 Å². The monoisotopic (exact) mass is 442 g/mol. The van der Waals surface area contributed by atoms with E-state index in [2.05, 4.69) is 10.6 Å². The molecule has 0 atom stereocenters. The van der Waals surface area contributed by atoms with Crippen LogP contribution < -0.4 is 15.4 Å². The maximum absolute atomic E-state index is 12.9. The Morgan fingerprint density at radius 1 is 1.00 bits per heavy atom. The van der Waals surface area contributed by atoms with E-state index in [4.69, 9.17) is 9.72 Å². The zero-order valence-electron chi connectivity index (χ0n) is 18.7. The van der Waals surface area contributed by atoms with Crippen molar-refractivity contribution in [2.24, 2.45) is 0 Å². The molecule has 7 nitrogen and oxygen atoms in total. The number of fused-ring (bicyclic) bond motifs is 1. The molecule has 0 unspecified atom stereocenters. The summed E-state index contributed by atoms with van der Waals surface area (Å²) in [7, 11) is 1.57. The van der Waals surface area contributed by atoms with Crippen molar-refractivity contribution in [3.63, 3.8) is 0 Å². The van der Waals surface area contributed by atoms with Gasteiger partial charge in [-0.15, -0.1) is 0 Å². The van der Waals surface area contributed by atoms with Gasteiger partial charge in [0.1, 0.15) is 18.1 Å². The highest BCUT2D eigenvalue weighted by molar-refractivity contribution is 5.94. The van der Waals surface area contributed by atoms with Gasteiger partial charge in [0.25, 0.3) is 5.91 Å². The Kier molecular flexibility index (Phi) is 6.69. The van der Waals surface area contributed by atoms with E-state index in [1.165, 1.54) is 0 Å². The van der Waals surface area contributed by atoms with Crippen molar-refractivity contribution >= 4 is 28.5 Å². The van der Waals surface area contributed by atoms with Gasteiger partial charge in [-0.2, -0.15) is 0 Å². The van der Waals surface area contributed by atoms with Crippen molar-refractivity contribution in [1.29, 1.82) is 0 Å². The number of nitrogens with zero attached hydrogens (tertiary/aromatic N) is 2. The Morgan fingerprint density at radius 2 is 1.79 bits per heavy atom. The molecule has 0 radical (unpaired) electrons. The number of hydrogen-bond donors (Lipinski definition) is 2. The third-order valence-corrected chi connectivity index (χ3v) is 5.33. The van der Waals surface area contributed by atoms with Crippen LogP contribution in [0.15, 0.2) is 72.8 Å². The molecule has 168 valence electrons. The summed E-state index contributed by atoms with van der Waals surface area (Å²) in [6.45, 7) is 2.46. The van der Waals surface area contributed by atoms with Crippen molar-refractivity contribution in [2.45, 2.75) is 19.9 Å². The van der Waals surface area contributed by atoms with Gasteiger partial charge in [0.2, 0.25) is 5.91 Å². The van der Waals surface area contributed by atoms with Crippen LogP contribution in [-0.2, 0) is 17.8 Å². The van der Waals surface area contributed by atoms with E-state index >= 15 is 0 Å². The zero-order chi connectivity index (χ0) is 23.2. The lowest BCUT2D eigenvalue weighted by molar-refractivity contribution is -0.116. The number of hydrogen-bond acceptors (Lipinski definition) is 4. The van der Waals surface area contributed by atoms with E-state index in [0.717, 1.165) is 22.4 Å². The van der Waals surface area contributed by atoms with Crippen molar-refractivity contribution in [2.75, 3.05) is 19.0 Å². The average molecular weight is 443 g/mol. The Bertz CT molecular complexity index is 1300. The summed E-state index contributed by atoms with van der Waals surface area (Å²) in [5.74, 6) is 1.01. The SMILES string of the molecule is COc1ccccc1NC(=O)Cn1c(CCNC(=O)c2cccc(C)c2)nc2ccccc21. The van der Waals surface area contributed by atoms with Crippen LogP contribution in [0.4, 0.5) is 5.69 Å². The minimum Gasteiger partial charge on any atom is -0.495 e. The number of rotatable bonds is 8. The number of carbonyl (C=O) groups excluding carboxylic acids is 2. The lowest BCUT2D eigenvalue weighted by Gasteiger charge is -2.12. The Labute approximate surface area is 192 Å². The summed E-state index contributed by atoms with van der Waals surface area (Å²) in [6, 6.07) is 22.4. The molecule has 33 heavy (non-hydrogen) atoms. The molecule has 1 aromatic heterocycles. The third-order valence-electron chi connectivity index (χ3n) is 5.33. The summed E-state index contributed by atoms with van der Waals surface area (Å²) in [6.07, 6.45) is 0.494. The van der Waals surface area contributed by atoms with E-state index in [1.54, 1.807) is 25.3 Å². The highest BCUT2D eigenvalue weighted by atomic mass is 16.5. The normalized spacial score (nSPS) is 10.7. The summed E-state index contributed by atoms with van der Waals surface area (Å²) < 4.78 is 7.21. The van der Waals surface area contributed by atoms with Crippen molar-refractivity contribution < 1.29 is 14.3 Å². The predicted molar refractivity (Wildman–Crippen MR) is 129 cm³/mol. The molecule has 2 N–H and O–H groups in total. The molecule has 0 saturated carbocycles. The first kappa shape index (κ1) is 22.1. The number of imidazole rings is 1. The number of carbonyl (C=O) groups is 2. The molecule has 0 aliphatic heterocycles. The molecule has 4 rings (SSSR count). The van der Waals surface area contributed by atoms with Gasteiger partial charge in [-0.3, -0.25) is 9.59 Å². The average Bonchev–Trinajstić information content (AvgIpc) is 3.16.